The van der Waals surface area contributed by atoms with Crippen molar-refractivity contribution in [2.24, 2.45) is 7.05 Å². The minimum absolute atomic E-state index is 0.0585. The summed E-state index contributed by atoms with van der Waals surface area (Å²) >= 11 is 0. The van der Waals surface area contributed by atoms with Crippen LogP contribution in [-0.4, -0.2) is 43.3 Å². The van der Waals surface area contributed by atoms with Crippen LogP contribution in [-0.2, 0) is 29.2 Å². The van der Waals surface area contributed by atoms with Crippen LogP contribution in [0.25, 0.3) is 39.3 Å². The van der Waals surface area contributed by atoms with E-state index >= 15 is 0 Å². The Morgan fingerprint density at radius 3 is 2.37 bits per heavy atom. The van der Waals surface area contributed by atoms with E-state index < -0.39 is 38.5 Å². The van der Waals surface area contributed by atoms with Crippen LogP contribution in [0.5, 0.6) is 0 Å². The van der Waals surface area contributed by atoms with E-state index in [2.05, 4.69) is 20.1 Å². The van der Waals surface area contributed by atoms with Gasteiger partial charge >= 0.3 is 12.4 Å². The molecule has 0 bridgehead atoms. The summed E-state index contributed by atoms with van der Waals surface area (Å²) in [5.41, 5.74) is -1.98. The number of sulfone groups is 1. The number of hydrogen-bond donors (Lipinski definition) is 0. The highest BCUT2D eigenvalue weighted by Gasteiger charge is 2.35. The highest BCUT2D eigenvalue weighted by molar-refractivity contribution is 7.91. The minimum atomic E-state index is -4.73. The van der Waals surface area contributed by atoms with Crippen molar-refractivity contribution in [1.82, 2.24) is 29.1 Å². The summed E-state index contributed by atoms with van der Waals surface area (Å²) < 4.78 is 108. The Morgan fingerprint density at radius 2 is 1.71 bits per heavy atom. The molecule has 4 heterocycles. The van der Waals surface area contributed by atoms with E-state index in [9.17, 15) is 34.8 Å². The van der Waals surface area contributed by atoms with Gasteiger partial charge in [0.1, 0.15) is 17.1 Å². The van der Waals surface area contributed by atoms with Crippen molar-refractivity contribution in [3.05, 3.63) is 60.0 Å². The van der Waals surface area contributed by atoms with E-state index in [1.54, 1.807) is 0 Å². The van der Waals surface area contributed by atoms with Crippen LogP contribution in [0.1, 0.15) is 18.2 Å². The number of hydrogen-bond acceptors (Lipinski definition) is 6. The second-order valence-corrected chi connectivity index (χ2v) is 10.5. The van der Waals surface area contributed by atoms with Crippen LogP contribution in [0.15, 0.2) is 53.8 Å². The van der Waals surface area contributed by atoms with Gasteiger partial charge in [-0.05, 0) is 24.3 Å². The molecule has 38 heavy (non-hydrogen) atoms. The number of imidazole rings is 1. The third-order valence-corrected chi connectivity index (χ3v) is 7.56. The van der Waals surface area contributed by atoms with Crippen molar-refractivity contribution in [2.75, 3.05) is 5.75 Å². The average molecular weight is 554 g/mol. The molecule has 4 aromatic heterocycles. The standard InChI is InChI=1S/C23H16F6N6O2S/c1-3-38(36,37)21-18(20-32-14-10-17(23(27,28)29)31-11-16(14)34(20)2)19-30-8-7-15(35(19)33-21)12-5-4-6-13(9-12)22(24,25)26/h4-11H,3H2,1-2H3. The number of aromatic nitrogens is 6. The fourth-order valence-corrected chi connectivity index (χ4v) is 4.99. The monoisotopic (exact) mass is 554 g/mol. The van der Waals surface area contributed by atoms with E-state index in [-0.39, 0.29) is 45.1 Å². The molecule has 0 spiro atoms. The second kappa shape index (κ2) is 8.51. The summed E-state index contributed by atoms with van der Waals surface area (Å²) in [5, 5.41) is 3.74. The molecule has 198 valence electrons. The molecule has 5 rings (SSSR count). The lowest BCUT2D eigenvalue weighted by molar-refractivity contribution is -0.141. The van der Waals surface area contributed by atoms with Crippen molar-refractivity contribution >= 4 is 26.5 Å². The zero-order valence-electron chi connectivity index (χ0n) is 19.5. The molecule has 15 heteroatoms. The molecule has 0 atom stereocenters. The summed E-state index contributed by atoms with van der Waals surface area (Å²) in [6, 6.07) is 6.50. The van der Waals surface area contributed by atoms with Crippen molar-refractivity contribution in [3.63, 3.8) is 0 Å². The summed E-state index contributed by atoms with van der Waals surface area (Å²) in [7, 11) is -2.60. The van der Waals surface area contributed by atoms with Gasteiger partial charge < -0.3 is 4.57 Å². The molecule has 0 radical (unpaired) electrons. The molecular weight excluding hydrogens is 538 g/mol. The zero-order chi connectivity index (χ0) is 27.6. The van der Waals surface area contributed by atoms with Crippen LogP contribution < -0.4 is 0 Å². The third-order valence-electron chi connectivity index (χ3n) is 5.93. The van der Waals surface area contributed by atoms with Gasteiger partial charge in [-0.1, -0.05) is 19.1 Å². The lowest BCUT2D eigenvalue weighted by atomic mass is 10.1. The number of halogens is 6. The molecular formula is C23H16F6N6O2S. The summed E-state index contributed by atoms with van der Waals surface area (Å²) in [6.45, 7) is 1.37. The molecule has 0 unspecified atom stereocenters. The van der Waals surface area contributed by atoms with Crippen LogP contribution in [0.3, 0.4) is 0 Å². The molecule has 5 aromatic rings. The number of alkyl halides is 6. The van der Waals surface area contributed by atoms with Crippen molar-refractivity contribution in [2.45, 2.75) is 24.3 Å². The quantitative estimate of drug-likeness (QED) is 0.285. The van der Waals surface area contributed by atoms with Crippen molar-refractivity contribution < 1.29 is 34.8 Å². The molecule has 0 fully saturated rings. The highest BCUT2D eigenvalue weighted by Crippen LogP contribution is 2.37. The molecule has 0 aliphatic carbocycles. The highest BCUT2D eigenvalue weighted by atomic mass is 32.2. The van der Waals surface area contributed by atoms with E-state index in [1.807, 2.05) is 0 Å². The first-order chi connectivity index (χ1) is 17.7. The fraction of sp³-hybridized carbons (Fsp3) is 0.217. The van der Waals surface area contributed by atoms with E-state index in [0.29, 0.717) is 0 Å². The van der Waals surface area contributed by atoms with Gasteiger partial charge in [-0.15, -0.1) is 0 Å². The number of nitrogens with zero attached hydrogens (tertiary/aromatic N) is 6. The number of benzene rings is 1. The Hall–Kier alpha value is -4.01. The van der Waals surface area contributed by atoms with Crippen molar-refractivity contribution in [3.8, 4) is 22.6 Å². The van der Waals surface area contributed by atoms with E-state index in [1.165, 1.54) is 42.9 Å². The lowest BCUT2D eigenvalue weighted by Crippen LogP contribution is -2.07. The van der Waals surface area contributed by atoms with Gasteiger partial charge in [0.05, 0.1) is 34.2 Å². The first-order valence-electron chi connectivity index (χ1n) is 10.9. The van der Waals surface area contributed by atoms with Crippen LogP contribution in [0.2, 0.25) is 0 Å². The van der Waals surface area contributed by atoms with Crippen molar-refractivity contribution in [1.29, 1.82) is 0 Å². The van der Waals surface area contributed by atoms with Gasteiger partial charge in [-0.3, -0.25) is 0 Å². The predicted octanol–water partition coefficient (Wildman–Crippen LogP) is 5.18. The maximum absolute atomic E-state index is 13.3. The topological polar surface area (TPSA) is 95.0 Å². The smallest absolute Gasteiger partial charge is 0.326 e. The lowest BCUT2D eigenvalue weighted by Gasteiger charge is -2.10. The van der Waals surface area contributed by atoms with Gasteiger partial charge in [-0.25, -0.2) is 27.9 Å². The molecule has 8 nitrogen and oxygen atoms in total. The molecule has 0 saturated carbocycles. The molecule has 1 aromatic carbocycles. The Kier molecular flexibility index (Phi) is 5.74. The Labute approximate surface area is 210 Å². The number of aryl methyl sites for hydroxylation is 1. The molecule has 0 aliphatic heterocycles. The molecule has 0 amide bonds. The Bertz CT molecular complexity index is 1820. The van der Waals surface area contributed by atoms with Gasteiger partial charge in [0, 0.05) is 18.8 Å². The predicted molar refractivity (Wildman–Crippen MR) is 124 cm³/mol. The summed E-state index contributed by atoms with van der Waals surface area (Å²) in [6.07, 6.45) is -7.11. The zero-order valence-corrected chi connectivity index (χ0v) is 20.3. The first kappa shape index (κ1) is 25.6. The number of fused-ring (bicyclic) bond motifs is 2. The first-order valence-corrected chi connectivity index (χ1v) is 12.6. The van der Waals surface area contributed by atoms with Gasteiger partial charge in [0.2, 0.25) is 0 Å². The maximum atomic E-state index is 13.3. The summed E-state index contributed by atoms with van der Waals surface area (Å²) in [5.74, 6) is -0.441. The summed E-state index contributed by atoms with van der Waals surface area (Å²) in [4.78, 5) is 11.9. The fourth-order valence-electron chi connectivity index (χ4n) is 4.02. The maximum Gasteiger partial charge on any atom is 0.433 e. The largest absolute Gasteiger partial charge is 0.433 e. The van der Waals surface area contributed by atoms with Gasteiger partial charge in [0.25, 0.3) is 0 Å². The Balaban J connectivity index is 1.82. The Morgan fingerprint density at radius 1 is 0.974 bits per heavy atom. The molecule has 0 aliphatic rings. The van der Waals surface area contributed by atoms with Gasteiger partial charge in [-0.2, -0.15) is 31.4 Å². The van der Waals surface area contributed by atoms with Crippen LogP contribution >= 0.6 is 0 Å². The molecule has 0 N–H and O–H groups in total. The van der Waals surface area contributed by atoms with Crippen LogP contribution in [0, 0.1) is 0 Å². The normalized spacial score (nSPS) is 13.1. The minimum Gasteiger partial charge on any atom is -0.326 e. The van der Waals surface area contributed by atoms with Crippen LogP contribution in [0.4, 0.5) is 26.3 Å². The number of rotatable bonds is 4. The third kappa shape index (κ3) is 4.15. The average Bonchev–Trinajstić information content (AvgIpc) is 3.41. The molecule has 0 saturated heterocycles. The SMILES string of the molecule is CCS(=O)(=O)c1nn2c(-c3cccc(C(F)(F)F)c3)ccnc2c1-c1nc2cc(C(F)(F)F)ncc2n1C. The van der Waals surface area contributed by atoms with Gasteiger partial charge in [0.15, 0.2) is 20.5 Å². The number of pyridine rings is 1. The van der Waals surface area contributed by atoms with E-state index in [4.69, 9.17) is 0 Å². The van der Waals surface area contributed by atoms with E-state index in [0.717, 1.165) is 28.9 Å². The second-order valence-electron chi connectivity index (χ2n) is 8.28.